The van der Waals surface area contributed by atoms with Crippen molar-refractivity contribution in [2.75, 3.05) is 20.1 Å². The number of hydrazone groups is 1. The zero-order chi connectivity index (χ0) is 16.7. The summed E-state index contributed by atoms with van der Waals surface area (Å²) >= 11 is 0. The lowest BCUT2D eigenvalue weighted by molar-refractivity contribution is -0.182. The van der Waals surface area contributed by atoms with Gasteiger partial charge in [-0.15, -0.1) is 0 Å². The summed E-state index contributed by atoms with van der Waals surface area (Å²) in [6, 6.07) is 0. The molecule has 22 heavy (non-hydrogen) atoms. The molecule has 0 aliphatic carbocycles. The van der Waals surface area contributed by atoms with Crippen LogP contribution < -0.4 is 5.73 Å². The summed E-state index contributed by atoms with van der Waals surface area (Å²) in [5.74, 6) is -5.50. The lowest BCUT2D eigenvalue weighted by Crippen LogP contribution is -2.40. The van der Waals surface area contributed by atoms with Crippen LogP contribution in [0.5, 0.6) is 0 Å². The summed E-state index contributed by atoms with van der Waals surface area (Å²) in [6.45, 7) is -1.03. The second-order valence-corrected chi connectivity index (χ2v) is 5.33. The zero-order valence-electron chi connectivity index (χ0n) is 11.8. The Balaban J connectivity index is 2.17. The molecule has 7 nitrogen and oxygen atoms in total. The molecule has 2 aliphatic heterocycles. The molecule has 0 bridgehead atoms. The number of halogens is 3. The summed E-state index contributed by atoms with van der Waals surface area (Å²) < 4.78 is 38.8. The normalized spacial score (nSPS) is 26.2. The van der Waals surface area contributed by atoms with Gasteiger partial charge in [-0.2, -0.15) is 18.3 Å². The standard InChI is InChI=1S/C12H15F3N4O3/c1-18-9(20)3-2-8(17-18)11(22)19-4-6(10(16)21)7(5-19)12(13,14)15/h6-7H,2-5H2,1H3,(H2,16,21)/t6-,7-/m1/s1. The highest BCUT2D eigenvalue weighted by atomic mass is 19.4. The molecule has 0 radical (unpaired) electrons. The van der Waals surface area contributed by atoms with Gasteiger partial charge < -0.3 is 10.6 Å². The van der Waals surface area contributed by atoms with Crippen LogP contribution in [0.25, 0.3) is 0 Å². The van der Waals surface area contributed by atoms with Crippen molar-refractivity contribution in [1.82, 2.24) is 9.91 Å². The number of primary amides is 1. The SMILES string of the molecule is CN1N=C(C(=O)N2C[C@@H](C(F)(F)F)[C@H](C(N)=O)C2)CCC1=O. The number of nitrogens with two attached hydrogens (primary N) is 1. The minimum Gasteiger partial charge on any atom is -0.369 e. The van der Waals surface area contributed by atoms with Gasteiger partial charge in [0.2, 0.25) is 11.8 Å². The van der Waals surface area contributed by atoms with Crippen LogP contribution >= 0.6 is 0 Å². The fourth-order valence-electron chi connectivity index (χ4n) is 2.60. The number of carbonyl (C=O) groups excluding carboxylic acids is 3. The highest BCUT2D eigenvalue weighted by Crippen LogP contribution is 2.37. The van der Waals surface area contributed by atoms with Gasteiger partial charge in [0, 0.05) is 33.0 Å². The molecule has 0 aromatic heterocycles. The van der Waals surface area contributed by atoms with Crippen LogP contribution in [0, 0.1) is 11.8 Å². The van der Waals surface area contributed by atoms with Crippen LogP contribution in [0.1, 0.15) is 12.8 Å². The second-order valence-electron chi connectivity index (χ2n) is 5.33. The Bertz CT molecular complexity index is 546. The van der Waals surface area contributed by atoms with E-state index in [9.17, 15) is 27.6 Å². The van der Waals surface area contributed by atoms with E-state index in [-0.39, 0.29) is 24.5 Å². The number of rotatable bonds is 2. The molecule has 0 unspecified atom stereocenters. The van der Waals surface area contributed by atoms with Crippen molar-refractivity contribution in [3.63, 3.8) is 0 Å². The summed E-state index contributed by atoms with van der Waals surface area (Å²) in [5, 5.41) is 4.76. The maximum Gasteiger partial charge on any atom is 0.394 e. The molecule has 0 aromatic rings. The molecule has 2 N–H and O–H groups in total. The first kappa shape index (κ1) is 16.2. The van der Waals surface area contributed by atoms with Crippen LogP contribution in [0.2, 0.25) is 0 Å². The molecule has 0 aromatic carbocycles. The predicted molar refractivity (Wildman–Crippen MR) is 68.2 cm³/mol. The molecule has 0 saturated carbocycles. The van der Waals surface area contributed by atoms with Gasteiger partial charge in [-0.05, 0) is 0 Å². The number of amides is 3. The van der Waals surface area contributed by atoms with Crippen LogP contribution in [0.15, 0.2) is 5.10 Å². The van der Waals surface area contributed by atoms with E-state index in [2.05, 4.69) is 5.10 Å². The van der Waals surface area contributed by atoms with Crippen molar-refractivity contribution in [3.8, 4) is 0 Å². The van der Waals surface area contributed by atoms with E-state index in [0.29, 0.717) is 0 Å². The minimum absolute atomic E-state index is 0.00754. The van der Waals surface area contributed by atoms with Crippen molar-refractivity contribution in [2.24, 2.45) is 22.7 Å². The average molecular weight is 320 g/mol. The van der Waals surface area contributed by atoms with E-state index in [1.807, 2.05) is 0 Å². The lowest BCUT2D eigenvalue weighted by atomic mass is 9.95. The Morgan fingerprint density at radius 2 is 1.91 bits per heavy atom. The van der Waals surface area contributed by atoms with Gasteiger partial charge in [-0.25, -0.2) is 5.01 Å². The van der Waals surface area contributed by atoms with Crippen LogP contribution in [0.3, 0.4) is 0 Å². The monoisotopic (exact) mass is 320 g/mol. The van der Waals surface area contributed by atoms with Crippen molar-refractivity contribution in [1.29, 1.82) is 0 Å². The van der Waals surface area contributed by atoms with Gasteiger partial charge in [-0.1, -0.05) is 0 Å². The highest BCUT2D eigenvalue weighted by Gasteiger charge is 2.53. The highest BCUT2D eigenvalue weighted by molar-refractivity contribution is 6.39. The molecule has 0 spiro atoms. The van der Waals surface area contributed by atoms with Gasteiger partial charge in [0.25, 0.3) is 5.91 Å². The molecule has 3 amide bonds. The predicted octanol–water partition coefficient (Wildman–Crippen LogP) is -0.283. The number of hydrogen-bond donors (Lipinski definition) is 1. The van der Waals surface area contributed by atoms with Gasteiger partial charge >= 0.3 is 6.18 Å². The first-order chi connectivity index (χ1) is 10.1. The molecule has 2 aliphatic rings. The molecule has 2 atom stereocenters. The third kappa shape index (κ3) is 3.04. The Morgan fingerprint density at radius 1 is 1.27 bits per heavy atom. The molecular weight excluding hydrogens is 305 g/mol. The van der Waals surface area contributed by atoms with Gasteiger partial charge in [0.15, 0.2) is 0 Å². The Hall–Kier alpha value is -2.13. The van der Waals surface area contributed by atoms with Gasteiger partial charge in [0.05, 0.1) is 11.8 Å². The number of hydrogen-bond acceptors (Lipinski definition) is 4. The summed E-state index contributed by atoms with van der Waals surface area (Å²) in [4.78, 5) is 35.6. The first-order valence-corrected chi connectivity index (χ1v) is 6.60. The van der Waals surface area contributed by atoms with E-state index in [0.717, 1.165) is 9.91 Å². The second kappa shape index (κ2) is 5.58. The van der Waals surface area contributed by atoms with Gasteiger partial charge in [0.1, 0.15) is 5.71 Å². The summed E-state index contributed by atoms with van der Waals surface area (Å²) in [5.41, 5.74) is 5.01. The van der Waals surface area contributed by atoms with Crippen molar-refractivity contribution in [3.05, 3.63) is 0 Å². The van der Waals surface area contributed by atoms with E-state index in [1.54, 1.807) is 0 Å². The van der Waals surface area contributed by atoms with Crippen molar-refractivity contribution >= 4 is 23.4 Å². The molecule has 2 heterocycles. The first-order valence-electron chi connectivity index (χ1n) is 6.60. The van der Waals surface area contributed by atoms with E-state index in [1.165, 1.54) is 7.05 Å². The molecular formula is C12H15F3N4O3. The Kier molecular flexibility index (Phi) is 4.12. The van der Waals surface area contributed by atoms with Crippen LogP contribution in [-0.2, 0) is 14.4 Å². The maximum absolute atomic E-state index is 12.9. The number of carbonyl (C=O) groups is 3. The third-order valence-corrected chi connectivity index (χ3v) is 3.85. The minimum atomic E-state index is -4.62. The smallest absolute Gasteiger partial charge is 0.369 e. The third-order valence-electron chi connectivity index (χ3n) is 3.85. The number of alkyl halides is 3. The van der Waals surface area contributed by atoms with E-state index >= 15 is 0 Å². The molecule has 1 fully saturated rings. The number of likely N-dealkylation sites (tertiary alicyclic amines) is 1. The summed E-state index contributed by atoms with van der Waals surface area (Å²) in [7, 11) is 1.36. The fraction of sp³-hybridized carbons (Fsp3) is 0.667. The Morgan fingerprint density at radius 3 is 2.36 bits per heavy atom. The molecule has 1 saturated heterocycles. The zero-order valence-corrected chi connectivity index (χ0v) is 11.8. The lowest BCUT2D eigenvalue weighted by Gasteiger charge is -2.23. The molecule has 122 valence electrons. The van der Waals surface area contributed by atoms with Crippen molar-refractivity contribution < 1.29 is 27.6 Å². The van der Waals surface area contributed by atoms with Crippen LogP contribution in [-0.4, -0.2) is 59.7 Å². The Labute approximate surface area is 123 Å². The van der Waals surface area contributed by atoms with Crippen LogP contribution in [0.4, 0.5) is 13.2 Å². The van der Waals surface area contributed by atoms with E-state index in [4.69, 9.17) is 5.73 Å². The topological polar surface area (TPSA) is 96.1 Å². The van der Waals surface area contributed by atoms with Gasteiger partial charge in [-0.3, -0.25) is 14.4 Å². The largest absolute Gasteiger partial charge is 0.394 e. The quantitative estimate of drug-likeness (QED) is 0.757. The number of nitrogens with zero attached hydrogens (tertiary/aromatic N) is 3. The maximum atomic E-state index is 12.9. The molecule has 10 heteroatoms. The fourth-order valence-corrected chi connectivity index (χ4v) is 2.60. The summed E-state index contributed by atoms with van der Waals surface area (Å²) in [6.07, 6.45) is -4.48. The molecule has 2 rings (SSSR count). The average Bonchev–Trinajstić information content (AvgIpc) is 2.86. The van der Waals surface area contributed by atoms with Crippen molar-refractivity contribution in [2.45, 2.75) is 19.0 Å². The van der Waals surface area contributed by atoms with E-state index < -0.39 is 42.9 Å².